The van der Waals surface area contributed by atoms with Crippen molar-refractivity contribution in [2.24, 2.45) is 0 Å². The Morgan fingerprint density at radius 1 is 0.376 bits per heavy atom. The molecule has 0 spiro atoms. The monoisotopic (exact) mass is 1130 g/mol. The number of benzene rings is 8. The van der Waals surface area contributed by atoms with Crippen LogP contribution in [0.1, 0.15) is 133 Å². The van der Waals surface area contributed by atoms with Gasteiger partial charge in [0.1, 0.15) is 52.1 Å². The van der Waals surface area contributed by atoms with Crippen molar-refractivity contribution in [3.05, 3.63) is 249 Å². The van der Waals surface area contributed by atoms with Crippen molar-refractivity contribution >= 4 is 47.3 Å². The Morgan fingerprint density at radius 2 is 0.647 bits per heavy atom. The predicted octanol–water partition coefficient (Wildman–Crippen LogP) is 12.0. The topological polar surface area (TPSA) is 204 Å². The first kappa shape index (κ1) is 54.6. The molecular weight excluding hydrogens is 1080 g/mol. The molecule has 8 amide bonds. The average molecular weight is 1130 g/mol. The van der Waals surface area contributed by atoms with E-state index < -0.39 is 52.4 Å². The zero-order valence-corrected chi connectivity index (χ0v) is 46.6. The Morgan fingerprint density at radius 3 is 1.00 bits per heavy atom. The van der Waals surface area contributed by atoms with Crippen molar-refractivity contribution in [2.45, 2.75) is 44.6 Å². The van der Waals surface area contributed by atoms with Crippen LogP contribution in [0.25, 0.3) is 0 Å². The van der Waals surface area contributed by atoms with Crippen LogP contribution in [-0.2, 0) is 15.6 Å². The maximum atomic E-state index is 13.9. The van der Waals surface area contributed by atoms with Gasteiger partial charge in [0.2, 0.25) is 0 Å². The number of hydrogen-bond donors (Lipinski definition) is 1. The van der Waals surface area contributed by atoms with E-state index in [1.165, 1.54) is 31.3 Å². The number of nitrogens with zero attached hydrogens (tertiary/aromatic N) is 3. The highest BCUT2D eigenvalue weighted by atomic mass is 16.5. The number of carbonyl (C=O) groups is 8. The van der Waals surface area contributed by atoms with Crippen LogP contribution < -0.4 is 24.3 Å². The molecule has 0 saturated carbocycles. The van der Waals surface area contributed by atoms with Gasteiger partial charge in [-0.3, -0.25) is 58.4 Å². The number of nitrogens with one attached hydrogen (secondary N) is 1. The number of hydrogen-bond acceptors (Lipinski definition) is 13. The summed E-state index contributed by atoms with van der Waals surface area (Å²) in [6.07, 6.45) is 0.111. The van der Waals surface area contributed by atoms with Crippen molar-refractivity contribution in [2.75, 3.05) is 20.1 Å². The summed E-state index contributed by atoms with van der Waals surface area (Å²) in [5.41, 5.74) is 4.89. The molecule has 4 heterocycles. The van der Waals surface area contributed by atoms with Crippen LogP contribution in [0.4, 0.5) is 0 Å². The second-order valence-corrected chi connectivity index (χ2v) is 21.9. The summed E-state index contributed by atoms with van der Waals surface area (Å²) in [6.45, 7) is 11.4. The third-order valence-electron chi connectivity index (χ3n) is 16.0. The molecule has 0 saturated heterocycles. The Labute approximate surface area is 487 Å². The van der Waals surface area contributed by atoms with E-state index >= 15 is 0 Å². The van der Waals surface area contributed by atoms with Crippen molar-refractivity contribution in [3.63, 3.8) is 0 Å². The number of carbonyl (C=O) groups excluding carboxylic acids is 8. The first-order chi connectivity index (χ1) is 40.7. The quantitative estimate of drug-likeness (QED) is 0.0628. The smallest absolute Gasteiger partial charge is 0.261 e. The van der Waals surface area contributed by atoms with E-state index in [0.29, 0.717) is 62.7 Å². The van der Waals surface area contributed by atoms with Gasteiger partial charge >= 0.3 is 0 Å². The first-order valence-electron chi connectivity index (χ1n) is 27.1. The molecule has 0 bridgehead atoms. The van der Waals surface area contributed by atoms with Crippen LogP contribution in [0.3, 0.4) is 0 Å². The molecule has 1 unspecified atom stereocenters. The van der Waals surface area contributed by atoms with E-state index in [0.717, 1.165) is 43.2 Å². The van der Waals surface area contributed by atoms with E-state index in [4.69, 9.17) is 23.7 Å². The fourth-order valence-electron chi connectivity index (χ4n) is 10.9. The second-order valence-electron chi connectivity index (χ2n) is 21.9. The molecule has 0 aliphatic carbocycles. The standard InChI is InChI=1S/C68H52N4O13/c1-7-81-50(36-71-63(77)53-30-26-48(34-57(53)65(71)79)84-44-20-12-40(13-21-44)67(2,3)38-8-16-42(17-9-38)82-46-24-28-51-55(32-46)60(74)69-59(51)73)37-72-64(78)54-31-27-49(35-58(54)66(72)80)85-45-22-14-41(15-23-45)68(4,5)39-10-18-43(19-11-39)83-47-25-29-52-56(33-47)62(76)70(6)61(52)75/h7-35,50H,1,36-37H2,2-6H3,(H,69,73,74). The molecule has 17 nitrogen and oxygen atoms in total. The molecular formula is C68H52N4O13. The number of ether oxygens (including phenoxy) is 5. The van der Waals surface area contributed by atoms with Gasteiger partial charge < -0.3 is 23.7 Å². The summed E-state index contributed by atoms with van der Waals surface area (Å²) in [4.78, 5) is 107. The molecule has 4 aliphatic heterocycles. The predicted molar refractivity (Wildman–Crippen MR) is 310 cm³/mol. The van der Waals surface area contributed by atoms with Gasteiger partial charge in [-0.2, -0.15) is 0 Å². The van der Waals surface area contributed by atoms with Crippen LogP contribution in [-0.4, -0.2) is 88.2 Å². The molecule has 8 aromatic rings. The van der Waals surface area contributed by atoms with E-state index in [-0.39, 0.29) is 52.7 Å². The summed E-state index contributed by atoms with van der Waals surface area (Å²) < 4.78 is 30.2. The molecule has 12 rings (SSSR count). The molecule has 422 valence electrons. The van der Waals surface area contributed by atoms with Crippen molar-refractivity contribution < 1.29 is 62.0 Å². The highest BCUT2D eigenvalue weighted by Crippen LogP contribution is 2.39. The SMILES string of the molecule is C=COC(CN1C(=O)c2ccc(Oc3ccc(C(C)(C)c4ccc(Oc5ccc6c(c5)C(=O)NC6=O)cc4)cc3)cc2C1=O)CN1C(=O)c2ccc(Oc3ccc(C(C)(C)c4ccc(Oc5ccc6c(c5)C(=O)N(C)C6=O)cc4)cc3)cc2C1=O. The van der Waals surface area contributed by atoms with Crippen LogP contribution in [0.5, 0.6) is 46.0 Å². The van der Waals surface area contributed by atoms with Gasteiger partial charge in [-0.25, -0.2) is 0 Å². The zero-order valence-electron chi connectivity index (χ0n) is 46.6. The van der Waals surface area contributed by atoms with Crippen molar-refractivity contribution in [1.82, 2.24) is 20.0 Å². The van der Waals surface area contributed by atoms with Gasteiger partial charge in [0.05, 0.1) is 63.9 Å². The summed E-state index contributed by atoms with van der Waals surface area (Å²) >= 11 is 0. The molecule has 85 heavy (non-hydrogen) atoms. The summed E-state index contributed by atoms with van der Waals surface area (Å²) in [6, 6.07) is 49.1. The Balaban J connectivity index is 0.648. The van der Waals surface area contributed by atoms with E-state index in [9.17, 15) is 38.4 Å². The Kier molecular flexibility index (Phi) is 13.6. The van der Waals surface area contributed by atoms with Crippen molar-refractivity contribution in [3.8, 4) is 46.0 Å². The van der Waals surface area contributed by atoms with Gasteiger partial charge in [-0.05, 0) is 144 Å². The number of rotatable bonds is 18. The van der Waals surface area contributed by atoms with Crippen LogP contribution in [0.2, 0.25) is 0 Å². The molecule has 17 heteroatoms. The molecule has 0 aromatic heterocycles. The first-order valence-corrected chi connectivity index (χ1v) is 27.1. The van der Waals surface area contributed by atoms with Gasteiger partial charge in [-0.15, -0.1) is 0 Å². The number of imide groups is 4. The molecule has 8 aromatic carbocycles. The Bertz CT molecular complexity index is 4170. The average Bonchev–Trinajstić information content (AvgIpc) is 3.70. The Hall–Kier alpha value is -10.9. The maximum absolute atomic E-state index is 13.9. The summed E-state index contributed by atoms with van der Waals surface area (Å²) in [5.74, 6) is -0.345. The lowest BCUT2D eigenvalue weighted by Crippen LogP contribution is -2.45. The van der Waals surface area contributed by atoms with E-state index in [1.807, 2.05) is 97.1 Å². The molecule has 0 fully saturated rings. The largest absolute Gasteiger partial charge is 0.495 e. The highest BCUT2D eigenvalue weighted by Gasteiger charge is 2.42. The van der Waals surface area contributed by atoms with Crippen LogP contribution in [0, 0.1) is 0 Å². The van der Waals surface area contributed by atoms with Crippen LogP contribution >= 0.6 is 0 Å². The molecule has 0 radical (unpaired) electrons. The third-order valence-corrected chi connectivity index (χ3v) is 16.0. The van der Waals surface area contributed by atoms with Crippen LogP contribution in [0.15, 0.2) is 183 Å². The molecule has 1 atom stereocenters. The van der Waals surface area contributed by atoms with Crippen molar-refractivity contribution in [1.29, 1.82) is 0 Å². The minimum atomic E-state index is -1.02. The number of fused-ring (bicyclic) bond motifs is 4. The van der Waals surface area contributed by atoms with E-state index in [2.05, 4.69) is 39.6 Å². The summed E-state index contributed by atoms with van der Waals surface area (Å²) in [5, 5.41) is 2.28. The van der Waals surface area contributed by atoms with Gasteiger partial charge in [0.15, 0.2) is 0 Å². The lowest BCUT2D eigenvalue weighted by atomic mass is 9.78. The van der Waals surface area contributed by atoms with Gasteiger partial charge in [0, 0.05) is 17.9 Å². The minimum absolute atomic E-state index is 0.119. The summed E-state index contributed by atoms with van der Waals surface area (Å²) in [7, 11) is 1.45. The fraction of sp³-hybridized carbons (Fsp3) is 0.147. The highest BCUT2D eigenvalue weighted by molar-refractivity contribution is 6.24. The van der Waals surface area contributed by atoms with E-state index in [1.54, 1.807) is 48.5 Å². The minimum Gasteiger partial charge on any atom is -0.495 e. The molecule has 1 N–H and O–H groups in total. The third kappa shape index (κ3) is 10.0. The molecule has 4 aliphatic rings. The normalized spacial score (nSPS) is 14.7. The second kappa shape index (κ2) is 21.1. The van der Waals surface area contributed by atoms with Gasteiger partial charge in [-0.1, -0.05) is 82.8 Å². The van der Waals surface area contributed by atoms with Gasteiger partial charge in [0.25, 0.3) is 47.3 Å². The maximum Gasteiger partial charge on any atom is 0.261 e. The fourth-order valence-corrected chi connectivity index (χ4v) is 10.9. The number of amides is 8. The zero-order chi connectivity index (χ0) is 59.6. The lowest BCUT2D eigenvalue weighted by molar-refractivity contribution is 0.0390. The lowest BCUT2D eigenvalue weighted by Gasteiger charge is -2.26.